The summed E-state index contributed by atoms with van der Waals surface area (Å²) in [5.74, 6) is -0.313. The van der Waals surface area contributed by atoms with Gasteiger partial charge >= 0.3 is 5.97 Å². The van der Waals surface area contributed by atoms with Crippen molar-refractivity contribution in [2.75, 3.05) is 37.0 Å². The predicted octanol–water partition coefficient (Wildman–Crippen LogP) is 4.71. The molecule has 2 fully saturated rings. The fourth-order valence-corrected chi connectivity index (χ4v) is 5.03. The van der Waals surface area contributed by atoms with Crippen LogP contribution >= 0.6 is 11.6 Å². The molecule has 2 aromatic carbocycles. The summed E-state index contributed by atoms with van der Waals surface area (Å²) in [7, 11) is 3.34. The first-order valence-corrected chi connectivity index (χ1v) is 12.5. The number of hydrogen-bond acceptors (Lipinski definition) is 6. The maximum absolute atomic E-state index is 13.5. The summed E-state index contributed by atoms with van der Waals surface area (Å²) in [6, 6.07) is 13.8. The number of nitrogens with one attached hydrogen (secondary N) is 1. The highest BCUT2D eigenvalue weighted by Gasteiger charge is 2.46. The molecule has 0 bridgehead atoms. The van der Waals surface area contributed by atoms with Gasteiger partial charge in [-0.1, -0.05) is 23.7 Å². The predicted molar refractivity (Wildman–Crippen MR) is 141 cm³/mol. The molecule has 2 heterocycles. The number of ether oxygens (including phenoxy) is 1. The van der Waals surface area contributed by atoms with Gasteiger partial charge in [0.2, 0.25) is 0 Å². The number of anilines is 2. The van der Waals surface area contributed by atoms with E-state index in [4.69, 9.17) is 16.3 Å². The summed E-state index contributed by atoms with van der Waals surface area (Å²) in [6.07, 6.45) is 3.15. The Kier molecular flexibility index (Phi) is 6.54. The van der Waals surface area contributed by atoms with Crippen molar-refractivity contribution in [2.45, 2.75) is 31.3 Å². The van der Waals surface area contributed by atoms with Crippen LogP contribution in [0.1, 0.15) is 44.7 Å². The average Bonchev–Trinajstić information content (AvgIpc) is 3.63. The summed E-state index contributed by atoms with van der Waals surface area (Å²) in [5, 5.41) is 3.57. The molecular formula is C28H28ClFN4O3. The number of carbonyl (C=O) groups excluding carboxylic acids is 2. The summed E-state index contributed by atoms with van der Waals surface area (Å²) in [5.41, 5.74) is 3.18. The molecule has 0 atom stereocenters. The Morgan fingerprint density at radius 3 is 2.49 bits per heavy atom. The molecule has 0 spiro atoms. The van der Waals surface area contributed by atoms with Crippen LogP contribution in [0, 0.1) is 12.7 Å². The van der Waals surface area contributed by atoms with Gasteiger partial charge in [-0.25, -0.2) is 14.2 Å². The van der Waals surface area contributed by atoms with Gasteiger partial charge in [-0.15, -0.1) is 0 Å². The normalized spacial score (nSPS) is 16.1. The molecule has 0 unspecified atom stereocenters. The molecule has 37 heavy (non-hydrogen) atoms. The second-order valence-electron chi connectivity index (χ2n) is 9.73. The Morgan fingerprint density at radius 2 is 1.86 bits per heavy atom. The Morgan fingerprint density at radius 1 is 1.16 bits per heavy atom. The van der Waals surface area contributed by atoms with Gasteiger partial charge in [-0.3, -0.25) is 4.79 Å². The minimum Gasteiger partial charge on any atom is -0.465 e. The van der Waals surface area contributed by atoms with Crippen LogP contribution in [-0.2, 0) is 10.3 Å². The van der Waals surface area contributed by atoms with Crippen LogP contribution in [0.2, 0.25) is 5.02 Å². The Hall–Kier alpha value is -3.65. The van der Waals surface area contributed by atoms with Crippen molar-refractivity contribution in [3.63, 3.8) is 0 Å². The van der Waals surface area contributed by atoms with E-state index in [-0.39, 0.29) is 17.8 Å². The lowest BCUT2D eigenvalue weighted by atomic mass is 10.0. The number of pyridine rings is 1. The highest BCUT2D eigenvalue weighted by molar-refractivity contribution is 6.31. The Bertz CT molecular complexity index is 1350. The van der Waals surface area contributed by atoms with Crippen molar-refractivity contribution in [2.24, 2.45) is 0 Å². The Balaban J connectivity index is 1.30. The van der Waals surface area contributed by atoms with Gasteiger partial charge in [-0.2, -0.15) is 0 Å². The summed E-state index contributed by atoms with van der Waals surface area (Å²) >= 11 is 6.24. The number of rotatable bonds is 7. The number of hydrogen-bond donors (Lipinski definition) is 1. The van der Waals surface area contributed by atoms with Crippen molar-refractivity contribution >= 4 is 35.0 Å². The first-order valence-electron chi connectivity index (χ1n) is 12.1. The lowest BCUT2D eigenvalue weighted by molar-refractivity contribution is 0.0600. The van der Waals surface area contributed by atoms with E-state index >= 15 is 0 Å². The van der Waals surface area contributed by atoms with Gasteiger partial charge in [-0.05, 0) is 67.3 Å². The van der Waals surface area contributed by atoms with Crippen molar-refractivity contribution in [3.05, 3.63) is 87.8 Å². The van der Waals surface area contributed by atoms with E-state index in [0.717, 1.165) is 29.7 Å². The molecule has 1 saturated heterocycles. The first kappa shape index (κ1) is 25.0. The number of methoxy groups -OCH3 is 1. The second-order valence-corrected chi connectivity index (χ2v) is 10.2. The molecule has 1 aliphatic carbocycles. The lowest BCUT2D eigenvalue weighted by Crippen LogP contribution is -2.59. The fourth-order valence-electron chi connectivity index (χ4n) is 4.87. The smallest absolute Gasteiger partial charge is 0.337 e. The molecule has 2 aliphatic rings. The zero-order valence-corrected chi connectivity index (χ0v) is 21.7. The number of nitrogens with zero attached hydrogens (tertiary/aromatic N) is 3. The monoisotopic (exact) mass is 522 g/mol. The number of aromatic nitrogens is 1. The largest absolute Gasteiger partial charge is 0.465 e. The van der Waals surface area contributed by atoms with E-state index in [0.29, 0.717) is 35.1 Å². The number of amides is 1. The number of likely N-dealkylation sites (N-methyl/N-ethyl adjacent to an activating group) is 1. The number of carbonyl (C=O) groups is 2. The molecule has 1 N–H and O–H groups in total. The molecule has 192 valence electrons. The molecule has 1 saturated carbocycles. The van der Waals surface area contributed by atoms with E-state index in [1.54, 1.807) is 30.5 Å². The fraction of sp³-hybridized carbons (Fsp3) is 0.321. The third-order valence-electron chi connectivity index (χ3n) is 7.29. The van der Waals surface area contributed by atoms with Crippen LogP contribution in [0.5, 0.6) is 0 Å². The zero-order chi connectivity index (χ0) is 26.3. The van der Waals surface area contributed by atoms with Gasteiger partial charge in [0.1, 0.15) is 11.6 Å². The molecule has 1 amide bonds. The first-order chi connectivity index (χ1) is 17.7. The standard InChI is InChI=1S/C28H28ClFN4O3/c1-17-12-21(30)8-9-24(17)33(2)22-15-34(16-22)25-23(13-20(29)14-31-25)26(35)32-28(10-11-28)19-6-4-18(5-7-19)27(36)37-3/h4-9,12-14,22H,10-11,15-16H2,1-3H3,(H,32,35). The van der Waals surface area contributed by atoms with E-state index in [9.17, 15) is 14.0 Å². The Labute approximate surface area is 220 Å². The highest BCUT2D eigenvalue weighted by Crippen LogP contribution is 2.46. The molecular weight excluding hydrogens is 495 g/mol. The molecule has 1 aromatic heterocycles. The molecule has 1 aliphatic heterocycles. The van der Waals surface area contributed by atoms with Crippen LogP contribution in [0.4, 0.5) is 15.9 Å². The van der Waals surface area contributed by atoms with Crippen LogP contribution in [0.25, 0.3) is 0 Å². The minimum atomic E-state index is -0.483. The SMILES string of the molecule is COC(=O)c1ccc(C2(NC(=O)c3cc(Cl)cnc3N3CC(N(C)c4ccc(F)cc4C)C3)CC2)cc1. The lowest BCUT2D eigenvalue weighted by Gasteiger charge is -2.46. The number of benzene rings is 2. The van der Waals surface area contributed by atoms with Crippen molar-refractivity contribution in [3.8, 4) is 0 Å². The van der Waals surface area contributed by atoms with E-state index in [2.05, 4.69) is 20.1 Å². The minimum absolute atomic E-state index is 0.195. The van der Waals surface area contributed by atoms with Crippen molar-refractivity contribution in [1.82, 2.24) is 10.3 Å². The summed E-state index contributed by atoms with van der Waals surface area (Å²) in [6.45, 7) is 3.23. The third kappa shape index (κ3) is 4.85. The zero-order valence-electron chi connectivity index (χ0n) is 20.9. The maximum Gasteiger partial charge on any atom is 0.337 e. The highest BCUT2D eigenvalue weighted by atomic mass is 35.5. The van der Waals surface area contributed by atoms with E-state index < -0.39 is 11.5 Å². The molecule has 3 aromatic rings. The van der Waals surface area contributed by atoms with Crippen molar-refractivity contribution < 1.29 is 18.7 Å². The quantitative estimate of drug-likeness (QED) is 0.453. The van der Waals surface area contributed by atoms with Gasteiger partial charge < -0.3 is 19.9 Å². The van der Waals surface area contributed by atoms with E-state index in [1.165, 1.54) is 19.2 Å². The summed E-state index contributed by atoms with van der Waals surface area (Å²) in [4.78, 5) is 33.9. The molecule has 7 nitrogen and oxygen atoms in total. The molecule has 5 rings (SSSR count). The van der Waals surface area contributed by atoms with Gasteiger partial charge in [0.05, 0.1) is 34.8 Å². The summed E-state index contributed by atoms with van der Waals surface area (Å²) < 4.78 is 18.3. The number of esters is 1. The molecule has 9 heteroatoms. The third-order valence-corrected chi connectivity index (χ3v) is 7.49. The van der Waals surface area contributed by atoms with Crippen LogP contribution in [0.3, 0.4) is 0 Å². The number of halogens is 2. The van der Waals surface area contributed by atoms with Gasteiger partial charge in [0.25, 0.3) is 5.91 Å². The van der Waals surface area contributed by atoms with Crippen LogP contribution < -0.4 is 15.1 Å². The van der Waals surface area contributed by atoms with Crippen LogP contribution in [-0.4, -0.2) is 50.1 Å². The van der Waals surface area contributed by atoms with Crippen LogP contribution in [0.15, 0.2) is 54.7 Å². The van der Waals surface area contributed by atoms with Crippen molar-refractivity contribution in [1.29, 1.82) is 0 Å². The van der Waals surface area contributed by atoms with E-state index in [1.807, 2.05) is 26.1 Å². The van der Waals surface area contributed by atoms with Gasteiger partial charge in [0.15, 0.2) is 0 Å². The topological polar surface area (TPSA) is 74.8 Å². The number of aryl methyl sites for hydroxylation is 1. The maximum atomic E-state index is 13.5. The average molecular weight is 523 g/mol. The second kappa shape index (κ2) is 9.67. The van der Waals surface area contributed by atoms with Gasteiger partial charge in [0, 0.05) is 32.0 Å². The molecule has 0 radical (unpaired) electrons.